The highest BCUT2D eigenvalue weighted by molar-refractivity contribution is 5.99. The first kappa shape index (κ1) is 21.9. The summed E-state index contributed by atoms with van der Waals surface area (Å²) in [6.45, 7) is 2.99. The summed E-state index contributed by atoms with van der Waals surface area (Å²) < 4.78 is 54.3. The van der Waals surface area contributed by atoms with Crippen LogP contribution in [-0.4, -0.2) is 33.4 Å². The van der Waals surface area contributed by atoms with Crippen LogP contribution in [0.5, 0.6) is 0 Å². The number of benzene rings is 2. The van der Waals surface area contributed by atoms with Crippen LogP contribution in [-0.2, 0) is 11.0 Å². The molecular formula is C20H17F4N5O2. The maximum Gasteiger partial charge on any atom is 0.435 e. The quantitative estimate of drug-likeness (QED) is 0.602. The smallest absolute Gasteiger partial charge is 0.341 e. The Morgan fingerprint density at radius 2 is 1.65 bits per heavy atom. The second-order valence-corrected chi connectivity index (χ2v) is 6.67. The number of rotatable bonds is 5. The SMILES string of the molecule is Cc1cccc(C)c1NC(=O)CNC(=O)c1nnn(-c2ccc(F)cc2)c1C(F)(F)F. The molecule has 0 saturated carbocycles. The summed E-state index contributed by atoms with van der Waals surface area (Å²) in [7, 11) is 0. The average Bonchev–Trinajstić information content (AvgIpc) is 3.15. The Kier molecular flexibility index (Phi) is 6.04. The van der Waals surface area contributed by atoms with E-state index in [1.54, 1.807) is 26.0 Å². The van der Waals surface area contributed by atoms with Gasteiger partial charge in [-0.2, -0.15) is 13.2 Å². The van der Waals surface area contributed by atoms with Crippen LogP contribution in [0.15, 0.2) is 42.5 Å². The summed E-state index contributed by atoms with van der Waals surface area (Å²) in [6, 6.07) is 9.42. The van der Waals surface area contributed by atoms with Crippen molar-refractivity contribution >= 4 is 17.5 Å². The van der Waals surface area contributed by atoms with E-state index in [0.29, 0.717) is 10.4 Å². The van der Waals surface area contributed by atoms with Gasteiger partial charge in [0.05, 0.1) is 12.2 Å². The number of aromatic nitrogens is 3. The van der Waals surface area contributed by atoms with Crippen molar-refractivity contribution in [3.63, 3.8) is 0 Å². The van der Waals surface area contributed by atoms with Crippen molar-refractivity contribution in [3.8, 4) is 5.69 Å². The molecule has 2 amide bonds. The lowest BCUT2D eigenvalue weighted by Crippen LogP contribution is -2.34. The maximum atomic E-state index is 13.6. The monoisotopic (exact) mass is 435 g/mol. The van der Waals surface area contributed by atoms with Crippen LogP contribution in [0.1, 0.15) is 27.3 Å². The van der Waals surface area contributed by atoms with Crippen molar-refractivity contribution < 1.29 is 27.2 Å². The van der Waals surface area contributed by atoms with Crippen LogP contribution in [0.25, 0.3) is 5.69 Å². The molecule has 0 aliphatic rings. The molecule has 0 saturated heterocycles. The zero-order valence-corrected chi connectivity index (χ0v) is 16.4. The first-order chi connectivity index (χ1) is 14.6. The number of alkyl halides is 3. The molecule has 0 unspecified atom stereocenters. The number of para-hydroxylation sites is 1. The first-order valence-corrected chi connectivity index (χ1v) is 9.01. The Labute approximate surface area is 174 Å². The zero-order chi connectivity index (χ0) is 22.8. The van der Waals surface area contributed by atoms with Crippen molar-refractivity contribution in [2.24, 2.45) is 0 Å². The molecule has 3 rings (SSSR count). The summed E-state index contributed by atoms with van der Waals surface area (Å²) >= 11 is 0. The topological polar surface area (TPSA) is 88.9 Å². The summed E-state index contributed by atoms with van der Waals surface area (Å²) in [6.07, 6.45) is -4.98. The fourth-order valence-electron chi connectivity index (χ4n) is 2.89. The summed E-state index contributed by atoms with van der Waals surface area (Å²) in [4.78, 5) is 24.5. The van der Waals surface area contributed by atoms with Gasteiger partial charge in [0, 0.05) is 5.69 Å². The Bertz CT molecular complexity index is 1100. The number of hydrogen-bond acceptors (Lipinski definition) is 4. The molecule has 162 valence electrons. The van der Waals surface area contributed by atoms with Crippen LogP contribution in [0.4, 0.5) is 23.2 Å². The van der Waals surface area contributed by atoms with Crippen molar-refractivity contribution in [2.75, 3.05) is 11.9 Å². The minimum Gasteiger partial charge on any atom is -0.341 e. The first-order valence-electron chi connectivity index (χ1n) is 9.01. The average molecular weight is 435 g/mol. The lowest BCUT2D eigenvalue weighted by atomic mass is 10.1. The highest BCUT2D eigenvalue weighted by atomic mass is 19.4. The Morgan fingerprint density at radius 1 is 1.03 bits per heavy atom. The predicted molar refractivity (Wildman–Crippen MR) is 103 cm³/mol. The van der Waals surface area contributed by atoms with Gasteiger partial charge in [0.2, 0.25) is 5.91 Å². The Balaban J connectivity index is 1.79. The molecule has 11 heteroatoms. The molecular weight excluding hydrogens is 418 g/mol. The molecule has 0 fully saturated rings. The number of anilines is 1. The number of hydrogen-bond donors (Lipinski definition) is 2. The van der Waals surface area contributed by atoms with Gasteiger partial charge in [-0.1, -0.05) is 23.4 Å². The zero-order valence-electron chi connectivity index (χ0n) is 16.4. The van der Waals surface area contributed by atoms with Crippen molar-refractivity contribution in [1.29, 1.82) is 0 Å². The molecule has 0 aliphatic carbocycles. The number of carbonyl (C=O) groups is 2. The molecule has 31 heavy (non-hydrogen) atoms. The third-order valence-corrected chi connectivity index (χ3v) is 4.38. The lowest BCUT2D eigenvalue weighted by Gasteiger charge is -2.13. The molecule has 0 atom stereocenters. The normalized spacial score (nSPS) is 11.3. The Hall–Kier alpha value is -3.76. The van der Waals surface area contributed by atoms with E-state index in [1.165, 1.54) is 0 Å². The maximum absolute atomic E-state index is 13.6. The van der Waals surface area contributed by atoms with E-state index in [9.17, 15) is 27.2 Å². The fraction of sp³-hybridized carbons (Fsp3) is 0.200. The van der Waals surface area contributed by atoms with Gasteiger partial charge >= 0.3 is 6.18 Å². The number of nitrogens with one attached hydrogen (secondary N) is 2. The summed E-state index contributed by atoms with van der Waals surface area (Å²) in [5.41, 5.74) is -0.431. The van der Waals surface area contributed by atoms with Gasteiger partial charge in [-0.05, 0) is 49.2 Å². The van der Waals surface area contributed by atoms with Crippen LogP contribution in [0, 0.1) is 19.7 Å². The molecule has 3 aromatic rings. The van der Waals surface area contributed by atoms with Gasteiger partial charge in [0.25, 0.3) is 5.91 Å². The van der Waals surface area contributed by atoms with E-state index in [1.807, 2.05) is 6.07 Å². The largest absolute Gasteiger partial charge is 0.435 e. The molecule has 1 aromatic heterocycles. The van der Waals surface area contributed by atoms with Crippen molar-refractivity contribution in [2.45, 2.75) is 20.0 Å². The molecule has 0 spiro atoms. The van der Waals surface area contributed by atoms with E-state index in [-0.39, 0.29) is 5.69 Å². The van der Waals surface area contributed by atoms with Crippen LogP contribution in [0.2, 0.25) is 0 Å². The molecule has 0 bridgehead atoms. The van der Waals surface area contributed by atoms with Gasteiger partial charge in [0.15, 0.2) is 11.4 Å². The number of carbonyl (C=O) groups excluding carboxylic acids is 2. The molecule has 2 aromatic carbocycles. The van der Waals surface area contributed by atoms with Gasteiger partial charge in [-0.3, -0.25) is 9.59 Å². The van der Waals surface area contributed by atoms with Crippen LogP contribution in [0.3, 0.4) is 0 Å². The van der Waals surface area contributed by atoms with E-state index in [0.717, 1.165) is 35.4 Å². The third-order valence-electron chi connectivity index (χ3n) is 4.38. The molecule has 0 radical (unpaired) electrons. The lowest BCUT2D eigenvalue weighted by molar-refractivity contribution is -0.143. The predicted octanol–water partition coefficient (Wildman–Crippen LogP) is 3.41. The van der Waals surface area contributed by atoms with E-state index < -0.39 is 41.7 Å². The van der Waals surface area contributed by atoms with Crippen molar-refractivity contribution in [1.82, 2.24) is 20.3 Å². The number of nitrogens with zero attached hydrogens (tertiary/aromatic N) is 3. The molecule has 2 N–H and O–H groups in total. The summed E-state index contributed by atoms with van der Waals surface area (Å²) in [5.74, 6) is -2.49. The van der Waals surface area contributed by atoms with E-state index in [4.69, 9.17) is 0 Å². The molecule has 1 heterocycles. The van der Waals surface area contributed by atoms with Crippen LogP contribution >= 0.6 is 0 Å². The minimum absolute atomic E-state index is 0.131. The third kappa shape index (κ3) is 4.87. The fourth-order valence-corrected chi connectivity index (χ4v) is 2.89. The highest BCUT2D eigenvalue weighted by Crippen LogP contribution is 2.32. The van der Waals surface area contributed by atoms with Gasteiger partial charge in [-0.15, -0.1) is 5.10 Å². The minimum atomic E-state index is -4.98. The van der Waals surface area contributed by atoms with E-state index >= 15 is 0 Å². The van der Waals surface area contributed by atoms with Gasteiger partial charge in [-0.25, -0.2) is 9.07 Å². The van der Waals surface area contributed by atoms with E-state index in [2.05, 4.69) is 20.9 Å². The number of aryl methyl sites for hydroxylation is 2. The second kappa shape index (κ2) is 8.54. The van der Waals surface area contributed by atoms with Gasteiger partial charge in [0.1, 0.15) is 5.82 Å². The van der Waals surface area contributed by atoms with Crippen molar-refractivity contribution in [3.05, 3.63) is 70.8 Å². The summed E-state index contributed by atoms with van der Waals surface area (Å²) in [5, 5.41) is 11.4. The second-order valence-electron chi connectivity index (χ2n) is 6.67. The molecule has 7 nitrogen and oxygen atoms in total. The van der Waals surface area contributed by atoms with Gasteiger partial charge < -0.3 is 10.6 Å². The van der Waals surface area contributed by atoms with Crippen LogP contribution < -0.4 is 10.6 Å². The standard InChI is InChI=1S/C20H17F4N5O2/c1-11-4-3-5-12(2)16(11)26-15(30)10-25-19(31)17-18(20(22,23)24)29(28-27-17)14-8-6-13(21)7-9-14/h3-9H,10H2,1-2H3,(H,25,31)(H,26,30). The number of amides is 2. The molecule has 0 aliphatic heterocycles. The number of halogens is 4. The Morgan fingerprint density at radius 3 is 2.23 bits per heavy atom. The highest BCUT2D eigenvalue weighted by Gasteiger charge is 2.42.